The molecule has 0 aliphatic carbocycles. The fourth-order valence-corrected chi connectivity index (χ4v) is 4.92. The van der Waals surface area contributed by atoms with Crippen molar-refractivity contribution in [2.45, 2.75) is 37.2 Å². The van der Waals surface area contributed by atoms with Gasteiger partial charge < -0.3 is 0 Å². The summed E-state index contributed by atoms with van der Waals surface area (Å²) in [4.78, 5) is 12.3. The molecular weight excluding hydrogens is 260 g/mol. The summed E-state index contributed by atoms with van der Waals surface area (Å²) >= 11 is 3.77. The summed E-state index contributed by atoms with van der Waals surface area (Å²) in [6.07, 6.45) is 1.65. The van der Waals surface area contributed by atoms with E-state index >= 15 is 0 Å². The lowest BCUT2D eigenvalue weighted by Gasteiger charge is -2.26. The second kappa shape index (κ2) is 6.67. The van der Waals surface area contributed by atoms with Crippen molar-refractivity contribution in [1.82, 2.24) is 0 Å². The fourth-order valence-electron chi connectivity index (χ4n) is 2.18. The summed E-state index contributed by atoms with van der Waals surface area (Å²) in [5.41, 5.74) is 2.49. The average molecular weight is 280 g/mol. The van der Waals surface area contributed by atoms with E-state index in [1.165, 1.54) is 11.3 Å². The van der Waals surface area contributed by atoms with Crippen LogP contribution in [0.25, 0.3) is 0 Å². The number of rotatable bonds is 4. The smallest absolute Gasteiger partial charge is 0.151 e. The van der Waals surface area contributed by atoms with Crippen molar-refractivity contribution >= 4 is 29.3 Å². The van der Waals surface area contributed by atoms with Gasteiger partial charge in [0.1, 0.15) is 0 Å². The lowest BCUT2D eigenvalue weighted by molar-refractivity contribution is -0.117. The van der Waals surface area contributed by atoms with Crippen LogP contribution in [-0.2, 0) is 17.6 Å². The molecule has 1 fully saturated rings. The van der Waals surface area contributed by atoms with Gasteiger partial charge in [-0.2, -0.15) is 11.8 Å². The number of benzene rings is 1. The van der Waals surface area contributed by atoms with Crippen LogP contribution in [0.15, 0.2) is 24.3 Å². The molecule has 3 heteroatoms. The van der Waals surface area contributed by atoms with Crippen molar-refractivity contribution in [3.63, 3.8) is 0 Å². The highest BCUT2D eigenvalue weighted by Gasteiger charge is 2.28. The van der Waals surface area contributed by atoms with Gasteiger partial charge in [0.2, 0.25) is 0 Å². The molecule has 0 N–H and O–H groups in total. The molecule has 1 heterocycles. The zero-order chi connectivity index (χ0) is 13.0. The molecule has 0 aromatic heterocycles. The van der Waals surface area contributed by atoms with E-state index in [4.69, 9.17) is 0 Å². The van der Waals surface area contributed by atoms with Crippen molar-refractivity contribution < 1.29 is 4.79 Å². The zero-order valence-electron chi connectivity index (χ0n) is 11.0. The summed E-state index contributed by atoms with van der Waals surface area (Å²) in [5.74, 6) is 2.69. The molecule has 1 aliphatic heterocycles. The Morgan fingerprint density at radius 2 is 1.78 bits per heavy atom. The highest BCUT2D eigenvalue weighted by Crippen LogP contribution is 2.32. The van der Waals surface area contributed by atoms with Crippen LogP contribution < -0.4 is 0 Å². The first kappa shape index (κ1) is 14.0. The first-order valence-electron chi connectivity index (χ1n) is 6.54. The van der Waals surface area contributed by atoms with E-state index in [0.717, 1.165) is 17.7 Å². The number of thioether (sulfide) groups is 2. The molecule has 0 bridgehead atoms. The summed E-state index contributed by atoms with van der Waals surface area (Å²) < 4.78 is 0. The second-order valence-corrected chi connectivity index (χ2v) is 7.42. The Kier molecular flexibility index (Phi) is 5.19. The third-order valence-electron chi connectivity index (χ3n) is 3.31. The van der Waals surface area contributed by atoms with Crippen molar-refractivity contribution in [1.29, 1.82) is 0 Å². The Bertz CT molecular complexity index is 399. The Hall–Kier alpha value is -0.410. The van der Waals surface area contributed by atoms with Gasteiger partial charge in [0, 0.05) is 23.2 Å². The Balaban J connectivity index is 1.97. The third-order valence-corrected chi connectivity index (χ3v) is 6.45. The maximum atomic E-state index is 12.3. The Labute approximate surface area is 118 Å². The zero-order valence-corrected chi connectivity index (χ0v) is 12.7. The van der Waals surface area contributed by atoms with Gasteiger partial charge >= 0.3 is 0 Å². The highest BCUT2D eigenvalue weighted by molar-refractivity contribution is 8.07. The number of hydrogen-bond acceptors (Lipinski definition) is 3. The van der Waals surface area contributed by atoms with E-state index in [1.807, 2.05) is 23.5 Å². The summed E-state index contributed by atoms with van der Waals surface area (Å²) in [7, 11) is 0. The maximum absolute atomic E-state index is 12.3. The minimum Gasteiger partial charge on any atom is -0.298 e. The number of carbonyl (C=O) groups excluding carboxylic acids is 1. The van der Waals surface area contributed by atoms with Crippen molar-refractivity contribution in [3.05, 3.63) is 35.4 Å². The number of Topliss-reactive ketones (excluding diaryl/α,β-unsaturated/α-hetero) is 1. The van der Waals surface area contributed by atoms with Gasteiger partial charge in [-0.1, -0.05) is 38.1 Å². The molecule has 18 heavy (non-hydrogen) atoms. The molecule has 1 nitrogen and oxygen atoms in total. The average Bonchev–Trinajstić information content (AvgIpc) is 2.40. The lowest BCUT2D eigenvalue weighted by Crippen LogP contribution is -2.32. The summed E-state index contributed by atoms with van der Waals surface area (Å²) in [5, 5.41) is 0.653. The maximum Gasteiger partial charge on any atom is 0.151 e. The monoisotopic (exact) mass is 280 g/mol. The molecule has 1 aromatic rings. The topological polar surface area (TPSA) is 17.1 Å². The fraction of sp³-hybridized carbons (Fsp3) is 0.533. The number of hydrogen-bond donors (Lipinski definition) is 0. The van der Waals surface area contributed by atoms with Crippen LogP contribution in [0.3, 0.4) is 0 Å². The van der Waals surface area contributed by atoms with Crippen LogP contribution in [0.2, 0.25) is 0 Å². The van der Waals surface area contributed by atoms with Crippen molar-refractivity contribution in [3.8, 4) is 0 Å². The number of ketones is 1. The van der Waals surface area contributed by atoms with Gasteiger partial charge in [0.05, 0.1) is 5.25 Å². The molecular formula is C15H20OS2. The second-order valence-electron chi connectivity index (χ2n) is 4.68. The predicted molar refractivity (Wildman–Crippen MR) is 82.7 cm³/mol. The predicted octanol–water partition coefficient (Wildman–Crippen LogP) is 3.60. The van der Waals surface area contributed by atoms with Gasteiger partial charge in [-0.3, -0.25) is 4.79 Å². The van der Waals surface area contributed by atoms with Crippen LogP contribution in [0.5, 0.6) is 0 Å². The van der Waals surface area contributed by atoms with E-state index in [0.29, 0.717) is 17.5 Å². The molecule has 2 unspecified atom stereocenters. The molecule has 2 atom stereocenters. The van der Waals surface area contributed by atoms with Crippen molar-refractivity contribution in [2.75, 3.05) is 11.5 Å². The minimum atomic E-state index is 0.189. The van der Waals surface area contributed by atoms with Gasteiger partial charge in [-0.05, 0) is 17.5 Å². The van der Waals surface area contributed by atoms with Gasteiger partial charge in [-0.15, -0.1) is 11.8 Å². The van der Waals surface area contributed by atoms with Crippen LogP contribution in [0.1, 0.15) is 25.0 Å². The van der Waals surface area contributed by atoms with Crippen LogP contribution in [0, 0.1) is 0 Å². The Morgan fingerprint density at radius 3 is 2.39 bits per heavy atom. The molecule has 98 valence electrons. The molecule has 1 aromatic carbocycles. The normalized spacial score (nSPS) is 23.9. The largest absolute Gasteiger partial charge is 0.298 e. The first-order valence-corrected chi connectivity index (χ1v) is 8.64. The quantitative estimate of drug-likeness (QED) is 0.839. The van der Waals surface area contributed by atoms with Crippen LogP contribution >= 0.6 is 23.5 Å². The molecule has 0 saturated carbocycles. The van der Waals surface area contributed by atoms with Gasteiger partial charge in [0.25, 0.3) is 0 Å². The Morgan fingerprint density at radius 1 is 1.17 bits per heavy atom. The van der Waals surface area contributed by atoms with Gasteiger partial charge in [0.15, 0.2) is 5.78 Å². The van der Waals surface area contributed by atoms with E-state index in [1.54, 1.807) is 0 Å². The van der Waals surface area contributed by atoms with Gasteiger partial charge in [-0.25, -0.2) is 0 Å². The SMILES string of the molecule is CCc1ccc(CC(=O)C2SCCSC2C)cc1. The molecule has 0 amide bonds. The van der Waals surface area contributed by atoms with Crippen LogP contribution in [-0.4, -0.2) is 27.8 Å². The molecule has 2 rings (SSSR count). The number of carbonyl (C=O) groups is 1. The molecule has 1 saturated heterocycles. The standard InChI is InChI=1S/C15H20OS2/c1-3-12-4-6-13(7-5-12)10-14(16)15-11(2)17-8-9-18-15/h4-7,11,15H,3,8-10H2,1-2H3. The van der Waals surface area contributed by atoms with E-state index in [9.17, 15) is 4.79 Å². The van der Waals surface area contributed by atoms with Crippen molar-refractivity contribution in [2.24, 2.45) is 0 Å². The molecule has 0 spiro atoms. The summed E-state index contributed by atoms with van der Waals surface area (Å²) in [6.45, 7) is 4.33. The third kappa shape index (κ3) is 3.55. The molecule has 0 radical (unpaired) electrons. The van der Waals surface area contributed by atoms with E-state index in [2.05, 4.69) is 38.1 Å². The van der Waals surface area contributed by atoms with Crippen LogP contribution in [0.4, 0.5) is 0 Å². The highest BCUT2D eigenvalue weighted by atomic mass is 32.2. The summed E-state index contributed by atoms with van der Waals surface area (Å²) in [6, 6.07) is 8.47. The van der Waals surface area contributed by atoms with E-state index in [-0.39, 0.29) is 5.25 Å². The molecule has 1 aliphatic rings. The van der Waals surface area contributed by atoms with E-state index < -0.39 is 0 Å². The minimum absolute atomic E-state index is 0.189. The first-order chi connectivity index (χ1) is 8.70. The lowest BCUT2D eigenvalue weighted by atomic mass is 10.0. The number of aryl methyl sites for hydroxylation is 1.